The second-order valence-corrected chi connectivity index (χ2v) is 16.1. The van der Waals surface area contributed by atoms with Crippen molar-refractivity contribution in [2.24, 2.45) is 0 Å². The van der Waals surface area contributed by atoms with Crippen LogP contribution in [0.1, 0.15) is 247 Å². The van der Waals surface area contributed by atoms with Gasteiger partial charge >= 0.3 is 0 Å². The molecule has 0 aromatic rings. The summed E-state index contributed by atoms with van der Waals surface area (Å²) in [6, 6.07) is 0. The molecule has 0 aliphatic carbocycles. The minimum absolute atomic E-state index is 1.37. The first kappa shape index (κ1) is 46.9. The third kappa shape index (κ3) is 32.9. The van der Waals surface area contributed by atoms with E-state index in [1.807, 2.05) is 4.90 Å². The van der Waals surface area contributed by atoms with Crippen molar-refractivity contribution in [3.05, 3.63) is 0 Å². The number of nitrogens with one attached hydrogen (secondary N) is 1. The minimum Gasteiger partial charge on any atom is -0.335 e. The molecule has 0 bridgehead atoms. The second-order valence-electron chi connectivity index (χ2n) is 16.1. The third-order valence-corrected chi connectivity index (χ3v) is 11.4. The van der Waals surface area contributed by atoms with Gasteiger partial charge in [-0.05, 0) is 83.5 Å². The highest BCUT2D eigenvalue weighted by Gasteiger charge is 2.26. The van der Waals surface area contributed by atoms with E-state index in [0.29, 0.717) is 0 Å². The monoisotopic (exact) mass is 665 g/mol. The largest absolute Gasteiger partial charge is 0.335 e. The molecule has 2 nitrogen and oxygen atoms in total. The molecule has 0 saturated heterocycles. The molecule has 0 rings (SSSR count). The predicted octanol–water partition coefficient (Wildman–Crippen LogP) is 13.7. The lowest BCUT2D eigenvalue weighted by Crippen LogP contribution is -3.12. The number of quaternary nitrogens is 2. The zero-order valence-corrected chi connectivity index (χ0v) is 34.2. The van der Waals surface area contributed by atoms with Gasteiger partial charge in [-0.3, -0.25) is 0 Å². The number of nitrogens with zero attached hydrogens (tertiary/aromatic N) is 1. The summed E-state index contributed by atoms with van der Waals surface area (Å²) in [6.45, 7) is 22.0. The molecule has 0 heterocycles. The predicted molar refractivity (Wildman–Crippen MR) is 216 cm³/mol. The lowest BCUT2D eigenvalue weighted by Gasteiger charge is -2.40. The summed E-state index contributed by atoms with van der Waals surface area (Å²) in [6.07, 6.45) is 47.8. The Hall–Kier alpha value is -0.0800. The van der Waals surface area contributed by atoms with Gasteiger partial charge in [-0.25, -0.2) is 0 Å². The van der Waals surface area contributed by atoms with E-state index in [4.69, 9.17) is 0 Å². The van der Waals surface area contributed by atoms with Gasteiger partial charge in [-0.1, -0.05) is 163 Å². The van der Waals surface area contributed by atoms with Crippen molar-refractivity contribution in [3.8, 4) is 0 Å². The molecule has 2 heteroatoms. The number of hydrogen-bond acceptors (Lipinski definition) is 0. The Morgan fingerprint density at radius 1 is 0.234 bits per heavy atom. The molecular weight excluding hydrogens is 569 g/mol. The van der Waals surface area contributed by atoms with E-state index in [2.05, 4.69) is 34.6 Å². The highest BCUT2D eigenvalue weighted by molar-refractivity contribution is 4.55. The Balaban J connectivity index is 5.07. The van der Waals surface area contributed by atoms with Gasteiger partial charge in [0.15, 0.2) is 0 Å². The molecule has 0 atom stereocenters. The zero-order chi connectivity index (χ0) is 34.4. The molecule has 0 amide bonds. The summed E-state index contributed by atoms with van der Waals surface area (Å²) in [5, 5.41) is 0. The molecule has 0 saturated carbocycles. The molecule has 0 aliphatic rings. The van der Waals surface area contributed by atoms with Gasteiger partial charge in [0.2, 0.25) is 0 Å². The zero-order valence-electron chi connectivity index (χ0n) is 34.2. The maximum absolute atomic E-state index is 2.35. The van der Waals surface area contributed by atoms with Gasteiger partial charge in [0, 0.05) is 0 Å². The Bertz CT molecular complexity index is 503. The summed E-state index contributed by atoms with van der Waals surface area (Å²) in [7, 11) is 0. The maximum atomic E-state index is 2.35. The van der Waals surface area contributed by atoms with Crippen molar-refractivity contribution in [1.82, 2.24) is 0 Å². The highest BCUT2D eigenvalue weighted by Crippen LogP contribution is 2.20. The smallest absolute Gasteiger partial charge is 0.0786 e. The van der Waals surface area contributed by atoms with Crippen LogP contribution >= 0.6 is 0 Å². The lowest BCUT2D eigenvalue weighted by molar-refractivity contribution is -0.929. The van der Waals surface area contributed by atoms with Crippen molar-refractivity contribution in [3.63, 3.8) is 0 Å². The van der Waals surface area contributed by atoms with E-state index < -0.39 is 0 Å². The molecule has 0 aliphatic heterocycles. The highest BCUT2D eigenvalue weighted by atomic mass is 15.3. The van der Waals surface area contributed by atoms with Crippen LogP contribution in [0.3, 0.4) is 0 Å². The maximum Gasteiger partial charge on any atom is 0.0786 e. The van der Waals surface area contributed by atoms with Crippen LogP contribution in [0, 0.1) is 0 Å². The molecule has 0 aromatic carbocycles. The van der Waals surface area contributed by atoms with Gasteiger partial charge in [0.25, 0.3) is 0 Å². The first-order valence-electron chi connectivity index (χ1n) is 22.9. The SMILES string of the molecule is CCCCCCCC[NH+](CCCCCCCC)CCCCC[N+](CCCCCCCC)(CCCCCCCC)CCCCCCCC. The number of unbranched alkanes of at least 4 members (excludes halogenated alkanes) is 27. The van der Waals surface area contributed by atoms with Crippen LogP contribution in [0.25, 0.3) is 0 Å². The molecule has 284 valence electrons. The topological polar surface area (TPSA) is 4.44 Å². The summed E-state index contributed by atoms with van der Waals surface area (Å²) in [4.78, 5) is 1.95. The van der Waals surface area contributed by atoms with Crippen LogP contribution in [-0.2, 0) is 0 Å². The molecule has 0 unspecified atom stereocenters. The summed E-state index contributed by atoms with van der Waals surface area (Å²) >= 11 is 0. The van der Waals surface area contributed by atoms with E-state index in [1.165, 1.54) is 262 Å². The summed E-state index contributed by atoms with van der Waals surface area (Å²) in [5.74, 6) is 0. The number of hydrogen-bond donors (Lipinski definition) is 1. The van der Waals surface area contributed by atoms with Gasteiger partial charge in [0.05, 0.1) is 45.8 Å². The molecule has 1 N–H and O–H groups in total. The average Bonchev–Trinajstić information content (AvgIpc) is 3.08. The Labute approximate surface area is 301 Å². The fraction of sp³-hybridized carbons (Fsp3) is 1.00. The Morgan fingerprint density at radius 3 is 0.681 bits per heavy atom. The molecule has 0 aromatic heterocycles. The fourth-order valence-electron chi connectivity index (χ4n) is 8.04. The van der Waals surface area contributed by atoms with E-state index in [0.717, 1.165) is 0 Å². The first-order valence-corrected chi connectivity index (χ1v) is 22.9. The Morgan fingerprint density at radius 2 is 0.426 bits per heavy atom. The van der Waals surface area contributed by atoms with Gasteiger partial charge in [-0.2, -0.15) is 0 Å². The summed E-state index contributed by atoms with van der Waals surface area (Å²) < 4.78 is 1.47. The standard InChI is InChI=1S/C45H95N2/c1-6-11-16-21-26-32-39-46(40-33-27-22-17-12-7-2)41-34-31-38-45-47(42-35-28-23-18-13-8-3,43-36-29-24-19-14-9-4)44-37-30-25-20-15-10-5/h6-45H2,1-5H3/q+1/p+1. The third-order valence-electron chi connectivity index (χ3n) is 11.4. The van der Waals surface area contributed by atoms with Crippen LogP contribution in [0.4, 0.5) is 0 Å². The minimum atomic E-state index is 1.37. The first-order chi connectivity index (χ1) is 23.2. The van der Waals surface area contributed by atoms with Gasteiger partial charge in [0.1, 0.15) is 0 Å². The van der Waals surface area contributed by atoms with Gasteiger partial charge in [-0.15, -0.1) is 0 Å². The normalized spacial score (nSPS) is 12.1. The van der Waals surface area contributed by atoms with E-state index in [9.17, 15) is 0 Å². The van der Waals surface area contributed by atoms with Crippen LogP contribution < -0.4 is 4.90 Å². The second kappa shape index (κ2) is 38.7. The Kier molecular flexibility index (Phi) is 38.7. The van der Waals surface area contributed by atoms with E-state index >= 15 is 0 Å². The number of rotatable bonds is 41. The van der Waals surface area contributed by atoms with Crippen molar-refractivity contribution < 1.29 is 9.38 Å². The summed E-state index contributed by atoms with van der Waals surface area (Å²) in [5.41, 5.74) is 0. The molecule has 0 radical (unpaired) electrons. The van der Waals surface area contributed by atoms with Crippen LogP contribution in [0.2, 0.25) is 0 Å². The van der Waals surface area contributed by atoms with Crippen LogP contribution in [-0.4, -0.2) is 50.3 Å². The van der Waals surface area contributed by atoms with Crippen LogP contribution in [0.5, 0.6) is 0 Å². The van der Waals surface area contributed by atoms with Gasteiger partial charge < -0.3 is 9.38 Å². The van der Waals surface area contributed by atoms with E-state index in [1.54, 1.807) is 0 Å². The average molecular weight is 665 g/mol. The quantitative estimate of drug-likeness (QED) is 0.0490. The molecule has 0 spiro atoms. The lowest BCUT2D eigenvalue weighted by atomic mass is 10.0. The van der Waals surface area contributed by atoms with Crippen molar-refractivity contribution in [1.29, 1.82) is 0 Å². The van der Waals surface area contributed by atoms with E-state index in [-0.39, 0.29) is 0 Å². The van der Waals surface area contributed by atoms with Crippen molar-refractivity contribution in [2.75, 3.05) is 45.8 Å². The molecule has 47 heavy (non-hydrogen) atoms. The van der Waals surface area contributed by atoms with Crippen molar-refractivity contribution in [2.45, 2.75) is 247 Å². The van der Waals surface area contributed by atoms with Crippen molar-refractivity contribution >= 4 is 0 Å². The molecule has 0 fully saturated rings. The van der Waals surface area contributed by atoms with Crippen LogP contribution in [0.15, 0.2) is 0 Å². The molecular formula is C45H96N2+2. The fourth-order valence-corrected chi connectivity index (χ4v) is 8.04.